The molecule has 0 heterocycles. The molecule has 0 fully saturated rings. The molecule has 0 radical (unpaired) electrons. The number of hydrogen-bond donors (Lipinski definition) is 0. The fourth-order valence-corrected chi connectivity index (χ4v) is 2.05. The van der Waals surface area contributed by atoms with Gasteiger partial charge in [0.15, 0.2) is 9.84 Å². The van der Waals surface area contributed by atoms with E-state index >= 15 is 0 Å². The normalized spacial score (nSPS) is 11.7. The van der Waals surface area contributed by atoms with Crippen molar-refractivity contribution in [3.63, 3.8) is 0 Å². The van der Waals surface area contributed by atoms with Crippen LogP contribution in [0.15, 0.2) is 17.0 Å². The lowest BCUT2D eigenvalue weighted by Crippen LogP contribution is -1.98. The Kier molecular flexibility index (Phi) is 2.68. The summed E-state index contributed by atoms with van der Waals surface area (Å²) in [4.78, 5) is 0.278. The zero-order valence-corrected chi connectivity index (χ0v) is 9.33. The molecule has 1 rings (SSSR count). The predicted molar refractivity (Wildman–Crippen MR) is 54.0 cm³/mol. The van der Waals surface area contributed by atoms with Crippen LogP contribution in [0.5, 0.6) is 0 Å². The van der Waals surface area contributed by atoms with Gasteiger partial charge < -0.3 is 0 Å². The molecular weight excluding hydrogens is 208 g/mol. The Morgan fingerprint density at radius 1 is 1.23 bits per heavy atom. The smallest absolute Gasteiger partial charge is 0.175 e. The maximum absolute atomic E-state index is 11.2. The van der Waals surface area contributed by atoms with Crippen molar-refractivity contribution in [1.29, 1.82) is 0 Å². The summed E-state index contributed by atoms with van der Waals surface area (Å²) in [5.41, 5.74) is 1.82. The van der Waals surface area contributed by atoms with E-state index in [9.17, 15) is 8.42 Å². The van der Waals surface area contributed by atoms with Gasteiger partial charge in [-0.25, -0.2) is 8.42 Å². The van der Waals surface area contributed by atoms with Gasteiger partial charge in [-0.1, -0.05) is 11.6 Å². The third-order valence-electron chi connectivity index (χ3n) is 2.01. The molecule has 4 heteroatoms. The monoisotopic (exact) mass is 218 g/mol. The Hall–Kier alpha value is -0.540. The molecule has 1 aromatic carbocycles. The molecule has 13 heavy (non-hydrogen) atoms. The lowest BCUT2D eigenvalue weighted by Gasteiger charge is -2.05. The van der Waals surface area contributed by atoms with Gasteiger partial charge in [-0.05, 0) is 37.1 Å². The maximum atomic E-state index is 11.2. The van der Waals surface area contributed by atoms with Gasteiger partial charge in [0, 0.05) is 11.3 Å². The van der Waals surface area contributed by atoms with Crippen LogP contribution in [0.2, 0.25) is 5.02 Å². The van der Waals surface area contributed by atoms with E-state index in [0.29, 0.717) is 5.02 Å². The van der Waals surface area contributed by atoms with Crippen LogP contribution >= 0.6 is 11.6 Å². The van der Waals surface area contributed by atoms with Crippen molar-refractivity contribution in [3.05, 3.63) is 28.3 Å². The van der Waals surface area contributed by atoms with E-state index in [-0.39, 0.29) is 4.90 Å². The molecule has 0 aliphatic heterocycles. The third-order valence-corrected chi connectivity index (χ3v) is 3.49. The number of halogens is 1. The topological polar surface area (TPSA) is 34.1 Å². The third kappa shape index (κ3) is 2.23. The van der Waals surface area contributed by atoms with Crippen molar-refractivity contribution in [2.75, 3.05) is 6.26 Å². The second-order valence-corrected chi connectivity index (χ2v) is 5.54. The highest BCUT2D eigenvalue weighted by Crippen LogP contribution is 2.23. The van der Waals surface area contributed by atoms with Crippen molar-refractivity contribution < 1.29 is 8.42 Å². The van der Waals surface area contributed by atoms with Crippen molar-refractivity contribution in [3.8, 4) is 0 Å². The molecule has 1 aromatic rings. The molecule has 0 aliphatic rings. The van der Waals surface area contributed by atoms with Crippen LogP contribution in [0, 0.1) is 13.8 Å². The van der Waals surface area contributed by atoms with E-state index in [1.165, 1.54) is 12.3 Å². The minimum Gasteiger partial charge on any atom is -0.224 e. The lowest BCUT2D eigenvalue weighted by atomic mass is 10.1. The van der Waals surface area contributed by atoms with Crippen LogP contribution in [0.25, 0.3) is 0 Å². The summed E-state index contributed by atoms with van der Waals surface area (Å²) in [5.74, 6) is 0. The summed E-state index contributed by atoms with van der Waals surface area (Å²) in [7, 11) is -3.15. The highest BCUT2D eigenvalue weighted by Gasteiger charge is 2.10. The molecule has 0 N–H and O–H groups in total. The van der Waals surface area contributed by atoms with Gasteiger partial charge >= 0.3 is 0 Å². The molecule has 0 spiro atoms. The number of rotatable bonds is 1. The first-order chi connectivity index (χ1) is 5.82. The molecule has 0 amide bonds. The molecular formula is C9H11ClO2S. The first kappa shape index (κ1) is 10.5. The van der Waals surface area contributed by atoms with Gasteiger partial charge in [0.25, 0.3) is 0 Å². The molecule has 0 bridgehead atoms. The average molecular weight is 219 g/mol. The van der Waals surface area contributed by atoms with Crippen LogP contribution < -0.4 is 0 Å². The minimum atomic E-state index is -3.15. The maximum Gasteiger partial charge on any atom is 0.175 e. The second-order valence-electron chi connectivity index (χ2n) is 3.12. The molecule has 0 aromatic heterocycles. The molecule has 0 atom stereocenters. The summed E-state index contributed by atoms with van der Waals surface area (Å²) >= 11 is 5.86. The van der Waals surface area contributed by atoms with Crippen LogP contribution in [0.3, 0.4) is 0 Å². The van der Waals surface area contributed by atoms with E-state index < -0.39 is 9.84 Å². The van der Waals surface area contributed by atoms with Gasteiger partial charge in [0.1, 0.15) is 0 Å². The van der Waals surface area contributed by atoms with Crippen molar-refractivity contribution in [2.45, 2.75) is 18.7 Å². The summed E-state index contributed by atoms with van der Waals surface area (Å²) in [6, 6.07) is 3.12. The van der Waals surface area contributed by atoms with Gasteiger partial charge in [0.2, 0.25) is 0 Å². The molecule has 0 saturated heterocycles. The zero-order valence-electron chi connectivity index (χ0n) is 7.76. The first-order valence-corrected chi connectivity index (χ1v) is 6.06. The van der Waals surface area contributed by atoms with Crippen LogP contribution in [-0.4, -0.2) is 14.7 Å². The van der Waals surface area contributed by atoms with Crippen LogP contribution in [-0.2, 0) is 9.84 Å². The second kappa shape index (κ2) is 3.31. The summed E-state index contributed by atoms with van der Waals surface area (Å²) in [6.45, 7) is 3.71. The Morgan fingerprint density at radius 2 is 1.77 bits per heavy atom. The number of aryl methyl sites for hydroxylation is 1. The Balaban J connectivity index is 3.47. The van der Waals surface area contributed by atoms with E-state index in [0.717, 1.165) is 11.1 Å². The largest absolute Gasteiger partial charge is 0.224 e. The number of hydrogen-bond acceptors (Lipinski definition) is 2. The Morgan fingerprint density at radius 3 is 2.15 bits per heavy atom. The summed E-state index contributed by atoms with van der Waals surface area (Å²) in [6.07, 6.45) is 1.17. The van der Waals surface area contributed by atoms with Crippen molar-refractivity contribution >= 4 is 21.4 Å². The molecule has 2 nitrogen and oxygen atoms in total. The zero-order chi connectivity index (χ0) is 10.2. The van der Waals surface area contributed by atoms with Crippen LogP contribution in [0.1, 0.15) is 11.1 Å². The van der Waals surface area contributed by atoms with Gasteiger partial charge in [-0.3, -0.25) is 0 Å². The lowest BCUT2D eigenvalue weighted by molar-refractivity contribution is 0.602. The van der Waals surface area contributed by atoms with E-state index in [1.807, 2.05) is 13.8 Å². The van der Waals surface area contributed by atoms with Crippen molar-refractivity contribution in [2.24, 2.45) is 0 Å². The standard InChI is InChI=1S/C9H11ClO2S/c1-6-4-8(13(3,11)12)5-9(10)7(6)2/h4-5H,1-3H3. The van der Waals surface area contributed by atoms with E-state index in [2.05, 4.69) is 0 Å². The SMILES string of the molecule is Cc1cc(S(C)(=O)=O)cc(Cl)c1C. The fraction of sp³-hybridized carbons (Fsp3) is 0.333. The quantitative estimate of drug-likeness (QED) is 0.725. The Labute approximate surface area is 83.5 Å². The predicted octanol–water partition coefficient (Wildman–Crippen LogP) is 2.36. The fourth-order valence-electron chi connectivity index (χ4n) is 0.999. The average Bonchev–Trinajstić information content (AvgIpc) is 1.97. The highest BCUT2D eigenvalue weighted by atomic mass is 35.5. The van der Waals surface area contributed by atoms with Crippen LogP contribution in [0.4, 0.5) is 0 Å². The van der Waals surface area contributed by atoms with Gasteiger partial charge in [-0.15, -0.1) is 0 Å². The number of benzene rings is 1. The first-order valence-electron chi connectivity index (χ1n) is 3.79. The number of sulfone groups is 1. The van der Waals surface area contributed by atoms with Gasteiger partial charge in [0.05, 0.1) is 4.90 Å². The Bertz CT molecular complexity index is 412. The molecule has 0 saturated carbocycles. The van der Waals surface area contributed by atoms with Crippen molar-refractivity contribution in [1.82, 2.24) is 0 Å². The van der Waals surface area contributed by atoms with E-state index in [1.54, 1.807) is 6.07 Å². The summed E-state index contributed by atoms with van der Waals surface area (Å²) in [5, 5.41) is 0.500. The minimum absolute atomic E-state index is 0.278. The van der Waals surface area contributed by atoms with E-state index in [4.69, 9.17) is 11.6 Å². The molecule has 0 unspecified atom stereocenters. The van der Waals surface area contributed by atoms with Gasteiger partial charge in [-0.2, -0.15) is 0 Å². The highest BCUT2D eigenvalue weighted by molar-refractivity contribution is 7.90. The molecule has 72 valence electrons. The molecule has 0 aliphatic carbocycles. The summed E-state index contributed by atoms with van der Waals surface area (Å²) < 4.78 is 22.4.